The van der Waals surface area contributed by atoms with Crippen LogP contribution in [-0.2, 0) is 46.4 Å². The number of benzene rings is 2. The minimum absolute atomic E-state index is 0.00206. The molecule has 3 heterocycles. The summed E-state index contributed by atoms with van der Waals surface area (Å²) in [6, 6.07) is 4.81. The van der Waals surface area contributed by atoms with Crippen LogP contribution in [0.5, 0.6) is 5.75 Å². The summed E-state index contributed by atoms with van der Waals surface area (Å²) >= 11 is 0. The molecule has 0 radical (unpaired) electrons. The molecule has 0 saturated carbocycles. The van der Waals surface area contributed by atoms with E-state index in [-0.39, 0.29) is 31.6 Å². The van der Waals surface area contributed by atoms with Gasteiger partial charge in [0, 0.05) is 36.5 Å². The largest absolute Gasteiger partial charge is 0.508 e. The first-order valence-electron chi connectivity index (χ1n) is 20.1. The van der Waals surface area contributed by atoms with Crippen molar-refractivity contribution in [2.45, 2.75) is 116 Å². The van der Waals surface area contributed by atoms with Gasteiger partial charge in [-0.3, -0.25) is 33.6 Å². The second-order valence-electron chi connectivity index (χ2n) is 16.2. The number of para-hydroxylation sites is 1. The van der Waals surface area contributed by atoms with E-state index in [4.69, 9.17) is 0 Å². The number of carbonyl (C=O) groups is 7. The highest BCUT2D eigenvalue weighted by atomic mass is 16.3. The lowest BCUT2D eigenvalue weighted by molar-refractivity contribution is -0.142. The van der Waals surface area contributed by atoms with Gasteiger partial charge in [-0.15, -0.1) is 0 Å². The smallest absolute Gasteiger partial charge is 0.246 e. The Labute approximate surface area is 342 Å². The summed E-state index contributed by atoms with van der Waals surface area (Å²) in [5, 5.41) is 37.5. The Kier molecular flexibility index (Phi) is 14.4. The van der Waals surface area contributed by atoms with Gasteiger partial charge in [0.25, 0.3) is 0 Å². The van der Waals surface area contributed by atoms with Crippen LogP contribution in [0.1, 0.15) is 65.5 Å². The van der Waals surface area contributed by atoms with Crippen LogP contribution in [0.2, 0.25) is 0 Å². The second-order valence-corrected chi connectivity index (χ2v) is 16.2. The van der Waals surface area contributed by atoms with E-state index in [0.29, 0.717) is 17.5 Å². The van der Waals surface area contributed by atoms with Gasteiger partial charge in [0.05, 0.1) is 6.10 Å². The molecular weight excluding hydrogens is 761 g/mol. The minimum atomic E-state index is -1.56. The summed E-state index contributed by atoms with van der Waals surface area (Å²) in [7, 11) is 0. The SMILES string of the molecule is CC(C)[C@@H]1NC(=O)[C@H](C)NC(=O)[C@H]([C@@H](C)O)NC(=O)[C@H](Cc2c[nH]c3ccccc23)NC(=O)[C@@H]2CCCN2C(=O)[C@H](Cc2ccc(O)cc2)NC(=O)[C@H](C(C)C)NC1=O. The number of amides is 7. The third kappa shape index (κ3) is 10.8. The van der Waals surface area contributed by atoms with Crippen LogP contribution < -0.4 is 31.9 Å². The quantitative estimate of drug-likeness (QED) is 0.159. The Hall–Kier alpha value is -5.97. The zero-order valence-electron chi connectivity index (χ0n) is 34.2. The maximum absolute atomic E-state index is 14.5. The van der Waals surface area contributed by atoms with E-state index in [2.05, 4.69) is 36.9 Å². The molecule has 318 valence electrons. The highest BCUT2D eigenvalue weighted by Gasteiger charge is 2.41. The number of hydrogen-bond donors (Lipinski definition) is 9. The first kappa shape index (κ1) is 44.1. The molecule has 0 unspecified atom stereocenters. The highest BCUT2D eigenvalue weighted by Crippen LogP contribution is 2.23. The fraction of sp³-hybridized carbons (Fsp3) is 0.500. The first-order chi connectivity index (χ1) is 27.9. The van der Waals surface area contributed by atoms with Crippen molar-refractivity contribution in [2.24, 2.45) is 11.8 Å². The van der Waals surface area contributed by atoms with Gasteiger partial charge in [0.2, 0.25) is 41.4 Å². The average Bonchev–Trinajstić information content (AvgIpc) is 3.85. The number of nitrogens with zero attached hydrogens (tertiary/aromatic N) is 1. The molecule has 0 bridgehead atoms. The molecule has 17 heteroatoms. The van der Waals surface area contributed by atoms with Crippen molar-refractivity contribution < 1.29 is 43.8 Å². The Morgan fingerprint density at radius 3 is 1.88 bits per heavy atom. The number of aromatic amines is 1. The number of aromatic hydroxyl groups is 1. The number of hydrogen-bond acceptors (Lipinski definition) is 9. The van der Waals surface area contributed by atoms with Crippen LogP contribution in [0, 0.1) is 11.8 Å². The van der Waals surface area contributed by atoms with Crippen molar-refractivity contribution in [1.82, 2.24) is 41.8 Å². The van der Waals surface area contributed by atoms with E-state index in [9.17, 15) is 43.8 Å². The first-order valence-corrected chi connectivity index (χ1v) is 20.1. The predicted octanol–water partition coefficient (Wildman–Crippen LogP) is 0.285. The van der Waals surface area contributed by atoms with Gasteiger partial charge in [-0.25, -0.2) is 0 Å². The van der Waals surface area contributed by atoms with Gasteiger partial charge in [-0.2, -0.15) is 0 Å². The van der Waals surface area contributed by atoms with E-state index in [1.165, 1.54) is 30.9 Å². The van der Waals surface area contributed by atoms with Crippen LogP contribution in [0.15, 0.2) is 54.7 Å². The number of carbonyl (C=O) groups excluding carboxylic acids is 7. The number of phenols is 1. The summed E-state index contributed by atoms with van der Waals surface area (Å²) in [5.74, 6) is -5.98. The van der Waals surface area contributed by atoms with Gasteiger partial charge >= 0.3 is 0 Å². The summed E-state index contributed by atoms with van der Waals surface area (Å²) in [6.45, 7) is 9.65. The fourth-order valence-electron chi connectivity index (χ4n) is 7.45. The van der Waals surface area contributed by atoms with E-state index >= 15 is 0 Å². The lowest BCUT2D eigenvalue weighted by Gasteiger charge is -2.32. The molecule has 2 fully saturated rings. The molecule has 2 aliphatic heterocycles. The van der Waals surface area contributed by atoms with Crippen molar-refractivity contribution in [3.8, 4) is 5.75 Å². The summed E-state index contributed by atoms with van der Waals surface area (Å²) in [5.41, 5.74) is 2.06. The van der Waals surface area contributed by atoms with E-state index < -0.39 is 102 Å². The molecule has 1 aromatic heterocycles. The normalized spacial score (nSPS) is 26.3. The third-order valence-electron chi connectivity index (χ3n) is 10.9. The molecule has 2 aromatic carbocycles. The molecule has 2 aliphatic rings. The molecular formula is C42H56N8O9. The second kappa shape index (κ2) is 19.2. The number of rotatable bonds is 7. The number of aliphatic hydroxyl groups excluding tert-OH is 1. The zero-order valence-corrected chi connectivity index (χ0v) is 34.2. The Morgan fingerprint density at radius 2 is 1.24 bits per heavy atom. The minimum Gasteiger partial charge on any atom is -0.508 e. The highest BCUT2D eigenvalue weighted by molar-refractivity contribution is 5.99. The molecule has 5 rings (SSSR count). The number of fused-ring (bicyclic) bond motifs is 2. The fourth-order valence-corrected chi connectivity index (χ4v) is 7.45. The van der Waals surface area contributed by atoms with Crippen molar-refractivity contribution in [3.05, 3.63) is 65.9 Å². The maximum atomic E-state index is 14.5. The summed E-state index contributed by atoms with van der Waals surface area (Å²) in [6.07, 6.45) is 0.893. The number of phenolic OH excluding ortho intramolecular Hbond substituents is 1. The predicted molar refractivity (Wildman–Crippen MR) is 217 cm³/mol. The van der Waals surface area contributed by atoms with Crippen molar-refractivity contribution in [1.29, 1.82) is 0 Å². The molecule has 9 N–H and O–H groups in total. The molecule has 7 amide bonds. The Bertz CT molecular complexity index is 2030. The van der Waals surface area contributed by atoms with Crippen molar-refractivity contribution in [3.63, 3.8) is 0 Å². The molecule has 17 nitrogen and oxygen atoms in total. The van der Waals surface area contributed by atoms with Gasteiger partial charge < -0.3 is 52.0 Å². The number of aromatic nitrogens is 1. The van der Waals surface area contributed by atoms with Crippen molar-refractivity contribution >= 4 is 52.3 Å². The third-order valence-corrected chi connectivity index (χ3v) is 10.9. The van der Waals surface area contributed by atoms with Crippen molar-refractivity contribution in [2.75, 3.05) is 6.54 Å². The maximum Gasteiger partial charge on any atom is 0.246 e. The van der Waals surface area contributed by atoms with Gasteiger partial charge in [-0.1, -0.05) is 58.0 Å². The van der Waals surface area contributed by atoms with Gasteiger partial charge in [-0.05, 0) is 67.9 Å². The van der Waals surface area contributed by atoms with Crippen LogP contribution in [0.25, 0.3) is 10.9 Å². The van der Waals surface area contributed by atoms with E-state index in [1.54, 1.807) is 46.0 Å². The Balaban J connectivity index is 1.55. The topological polar surface area (TPSA) is 251 Å². The monoisotopic (exact) mass is 816 g/mol. The van der Waals surface area contributed by atoms with Crippen LogP contribution >= 0.6 is 0 Å². The lowest BCUT2D eigenvalue weighted by atomic mass is 9.98. The van der Waals surface area contributed by atoms with Gasteiger partial charge in [0.1, 0.15) is 48.0 Å². The van der Waals surface area contributed by atoms with Crippen LogP contribution in [0.4, 0.5) is 0 Å². The van der Waals surface area contributed by atoms with E-state index in [1.807, 2.05) is 24.3 Å². The molecule has 59 heavy (non-hydrogen) atoms. The number of nitrogens with one attached hydrogen (secondary N) is 7. The zero-order chi connectivity index (χ0) is 43.1. The standard InChI is InChI=1S/C42H56N8O9/c1-21(2)33-39(56)46-31(18-25-13-15-27(52)16-14-25)42(59)50-17-9-12-32(50)38(55)45-30(19-26-20-43-29-11-8-7-10-28(26)29)37(54)49-35(24(6)51)41(58)44-23(5)36(53)47-34(22(3)4)40(57)48-33/h7-8,10-11,13-16,20-24,30-35,43,51-52H,9,12,17-19H2,1-6H3,(H,44,58)(H,45,55)(H,46,56)(H,47,53)(H,48,57)(H,49,54)/t23-,24+,30-,31-,32-,33-,34-,35-/m0/s1. The average molecular weight is 817 g/mol. The van der Waals surface area contributed by atoms with Crippen LogP contribution in [-0.4, -0.2) is 116 Å². The van der Waals surface area contributed by atoms with Gasteiger partial charge in [0.15, 0.2) is 0 Å². The number of aliphatic hydroxyl groups is 1. The molecule has 0 spiro atoms. The summed E-state index contributed by atoms with van der Waals surface area (Å²) in [4.78, 5) is 102. The lowest BCUT2D eigenvalue weighted by Crippen LogP contribution is -2.61. The summed E-state index contributed by atoms with van der Waals surface area (Å²) < 4.78 is 0. The Morgan fingerprint density at radius 1 is 0.661 bits per heavy atom. The molecule has 8 atom stereocenters. The molecule has 2 saturated heterocycles. The molecule has 3 aromatic rings. The van der Waals surface area contributed by atoms with E-state index in [0.717, 1.165) is 10.9 Å². The molecule has 0 aliphatic carbocycles. The van der Waals surface area contributed by atoms with Crippen LogP contribution in [0.3, 0.4) is 0 Å². The number of H-pyrrole nitrogens is 1.